The van der Waals surface area contributed by atoms with E-state index in [0.29, 0.717) is 0 Å². The zero-order valence-electron chi connectivity index (χ0n) is 24.9. The first-order valence-electron chi connectivity index (χ1n) is 16.0. The first kappa shape index (κ1) is 24.9. The minimum atomic E-state index is -0.0189. The van der Waals surface area contributed by atoms with Gasteiger partial charge < -0.3 is 0 Å². The van der Waals surface area contributed by atoms with E-state index in [4.69, 9.17) is 0 Å². The maximum Gasteiger partial charge on any atom is 0.0296 e. The van der Waals surface area contributed by atoms with Crippen LogP contribution in [0, 0.1) is 0 Å². The summed E-state index contributed by atoms with van der Waals surface area (Å²) in [5, 5.41) is 7.85. The molecule has 0 heteroatoms. The zero-order chi connectivity index (χ0) is 29.5. The fourth-order valence-electron chi connectivity index (χ4n) is 8.69. The Morgan fingerprint density at radius 1 is 0.356 bits per heavy atom. The van der Waals surface area contributed by atoms with Crippen molar-refractivity contribution in [3.63, 3.8) is 0 Å². The van der Waals surface area contributed by atoms with Gasteiger partial charge in [-0.2, -0.15) is 0 Å². The largest absolute Gasteiger partial charge is 0.0622 e. The summed E-state index contributed by atoms with van der Waals surface area (Å²) < 4.78 is 0. The number of hydrogen-bond donors (Lipinski definition) is 0. The molecule has 0 bridgehead atoms. The molecule has 0 heterocycles. The van der Waals surface area contributed by atoms with Crippen LogP contribution in [0.3, 0.4) is 0 Å². The predicted octanol–water partition coefficient (Wildman–Crippen LogP) is 11.5. The van der Waals surface area contributed by atoms with E-state index in [2.05, 4.69) is 158 Å². The molecule has 8 aromatic rings. The van der Waals surface area contributed by atoms with Crippen LogP contribution in [0.25, 0.3) is 65.7 Å². The molecule has 0 unspecified atom stereocenters. The summed E-state index contributed by atoms with van der Waals surface area (Å²) in [6.45, 7) is 0. The molecule has 2 aliphatic rings. The van der Waals surface area contributed by atoms with E-state index >= 15 is 0 Å². The zero-order valence-corrected chi connectivity index (χ0v) is 24.9. The van der Waals surface area contributed by atoms with Crippen LogP contribution in [0.4, 0.5) is 0 Å². The van der Waals surface area contributed by atoms with Gasteiger partial charge in [-0.05, 0) is 119 Å². The molecule has 0 fully saturated rings. The average Bonchev–Trinajstić information content (AvgIpc) is 3.63. The molecule has 0 N–H and O–H groups in total. The van der Waals surface area contributed by atoms with Gasteiger partial charge in [-0.15, -0.1) is 0 Å². The average molecular weight is 571 g/mol. The highest BCUT2D eigenvalue weighted by Crippen LogP contribution is 2.56. The van der Waals surface area contributed by atoms with Crippen molar-refractivity contribution in [1.29, 1.82) is 0 Å². The molecule has 0 aliphatic heterocycles. The Bertz CT molecular complexity index is 2460. The van der Waals surface area contributed by atoms with E-state index in [1.165, 1.54) is 88.0 Å². The lowest BCUT2D eigenvalue weighted by molar-refractivity contribution is 0.564. The van der Waals surface area contributed by atoms with Crippen molar-refractivity contribution in [2.24, 2.45) is 0 Å². The summed E-state index contributed by atoms with van der Waals surface area (Å²) in [5.74, 6) is 0. The lowest BCUT2D eigenvalue weighted by Crippen LogP contribution is -2.25. The molecular weight excluding hydrogens is 540 g/mol. The van der Waals surface area contributed by atoms with Crippen LogP contribution in [0.1, 0.15) is 22.3 Å². The predicted molar refractivity (Wildman–Crippen MR) is 190 cm³/mol. The quantitative estimate of drug-likeness (QED) is 0.181. The second-order valence-electron chi connectivity index (χ2n) is 12.9. The summed E-state index contributed by atoms with van der Waals surface area (Å²) in [7, 11) is 0. The van der Waals surface area contributed by atoms with Gasteiger partial charge in [0.25, 0.3) is 0 Å². The summed E-state index contributed by atoms with van der Waals surface area (Å²) in [6.07, 6.45) is 2.11. The second kappa shape index (κ2) is 9.27. The topological polar surface area (TPSA) is 0 Å². The molecule has 0 radical (unpaired) electrons. The van der Waals surface area contributed by atoms with Gasteiger partial charge in [0.05, 0.1) is 0 Å². The Morgan fingerprint density at radius 2 is 0.889 bits per heavy atom. The Labute approximate surface area is 263 Å². The molecule has 10 rings (SSSR count). The van der Waals surface area contributed by atoms with Crippen LogP contribution in [0.2, 0.25) is 0 Å². The van der Waals surface area contributed by atoms with E-state index < -0.39 is 0 Å². The molecule has 2 aliphatic carbocycles. The number of hydrogen-bond acceptors (Lipinski definition) is 0. The van der Waals surface area contributed by atoms with Gasteiger partial charge in [-0.25, -0.2) is 0 Å². The number of fused-ring (bicyclic) bond motifs is 11. The van der Waals surface area contributed by atoms with Crippen LogP contribution in [-0.2, 0) is 18.3 Å². The van der Waals surface area contributed by atoms with Gasteiger partial charge >= 0.3 is 0 Å². The molecule has 0 nitrogen and oxygen atoms in total. The molecule has 45 heavy (non-hydrogen) atoms. The molecule has 0 saturated heterocycles. The van der Waals surface area contributed by atoms with Gasteiger partial charge in [0.15, 0.2) is 0 Å². The monoisotopic (exact) mass is 570 g/mol. The van der Waals surface area contributed by atoms with Crippen molar-refractivity contribution in [1.82, 2.24) is 0 Å². The Hall–Kier alpha value is -5.46. The molecule has 0 amide bonds. The minimum Gasteiger partial charge on any atom is -0.0622 e. The van der Waals surface area contributed by atoms with Gasteiger partial charge in [-0.3, -0.25) is 0 Å². The van der Waals surface area contributed by atoms with Crippen molar-refractivity contribution in [3.05, 3.63) is 180 Å². The molecule has 1 spiro atoms. The fraction of sp³-hybridized carbons (Fsp3) is 0.0667. The van der Waals surface area contributed by atoms with Crippen LogP contribution in [0.15, 0.2) is 158 Å². The van der Waals surface area contributed by atoms with Crippen molar-refractivity contribution < 1.29 is 0 Å². The van der Waals surface area contributed by atoms with Gasteiger partial charge in [0.1, 0.15) is 0 Å². The first-order valence-corrected chi connectivity index (χ1v) is 16.0. The Kier molecular flexibility index (Phi) is 5.14. The van der Waals surface area contributed by atoms with Crippen molar-refractivity contribution in [2.45, 2.75) is 18.3 Å². The van der Waals surface area contributed by atoms with Crippen molar-refractivity contribution in [2.75, 3.05) is 0 Å². The number of rotatable bonds is 2. The molecule has 210 valence electrons. The smallest absolute Gasteiger partial charge is 0.0296 e. The van der Waals surface area contributed by atoms with Crippen molar-refractivity contribution >= 4 is 32.3 Å². The second-order valence-corrected chi connectivity index (χ2v) is 12.9. The number of benzene rings is 8. The molecule has 0 atom stereocenters. The third-order valence-electron chi connectivity index (χ3n) is 10.6. The lowest BCUT2D eigenvalue weighted by atomic mass is 9.75. The van der Waals surface area contributed by atoms with Crippen LogP contribution < -0.4 is 0 Å². The van der Waals surface area contributed by atoms with E-state index in [0.717, 1.165) is 12.8 Å². The first-order chi connectivity index (χ1) is 22.3. The van der Waals surface area contributed by atoms with E-state index in [9.17, 15) is 0 Å². The summed E-state index contributed by atoms with van der Waals surface area (Å²) in [6, 6.07) is 59.1. The Balaban J connectivity index is 1.25. The highest BCUT2D eigenvalue weighted by molar-refractivity contribution is 6.25. The van der Waals surface area contributed by atoms with Gasteiger partial charge in [0.2, 0.25) is 0 Å². The molecule has 0 aromatic heterocycles. The highest BCUT2D eigenvalue weighted by atomic mass is 14.5. The van der Waals surface area contributed by atoms with Gasteiger partial charge in [0, 0.05) is 5.41 Å². The Morgan fingerprint density at radius 3 is 1.58 bits per heavy atom. The minimum absolute atomic E-state index is 0.0189. The molecule has 0 saturated carbocycles. The van der Waals surface area contributed by atoms with Gasteiger partial charge in [-0.1, -0.05) is 140 Å². The lowest BCUT2D eigenvalue weighted by Gasteiger charge is -2.27. The third-order valence-corrected chi connectivity index (χ3v) is 10.6. The summed E-state index contributed by atoms with van der Waals surface area (Å²) >= 11 is 0. The van der Waals surface area contributed by atoms with Crippen LogP contribution in [0.5, 0.6) is 0 Å². The van der Waals surface area contributed by atoms with Crippen LogP contribution in [-0.4, -0.2) is 0 Å². The third kappa shape index (κ3) is 3.48. The summed E-state index contributed by atoms with van der Waals surface area (Å²) in [4.78, 5) is 0. The molecular formula is C45H30. The highest BCUT2D eigenvalue weighted by Gasteiger charge is 2.47. The summed E-state index contributed by atoms with van der Waals surface area (Å²) in [5.41, 5.74) is 13.8. The standard InChI is InChI=1S/C45H30/c1-2-12-29(13-3-1)40-24-33-25-41(35-17-7-9-20-39(35)44(33)38-19-8-6-16-34(38)40)30-22-23-37-36-18-10-11-21-42(36)45(43(37)26-30)27-31-14-4-5-15-32(31)28-45/h1-26H,27-28H2. The van der Waals surface area contributed by atoms with E-state index in [1.807, 2.05) is 0 Å². The van der Waals surface area contributed by atoms with Crippen molar-refractivity contribution in [3.8, 4) is 33.4 Å². The fourth-order valence-corrected chi connectivity index (χ4v) is 8.69. The maximum absolute atomic E-state index is 2.54. The van der Waals surface area contributed by atoms with Crippen LogP contribution >= 0.6 is 0 Å². The van der Waals surface area contributed by atoms with E-state index in [-0.39, 0.29) is 5.41 Å². The maximum atomic E-state index is 2.54. The SMILES string of the molecule is c1ccc(-c2cc3cc(-c4ccc5c(c4)C4(Cc6ccccc6C4)c4ccccc4-5)c4ccccc4c3c3ccccc23)cc1. The van der Waals surface area contributed by atoms with E-state index in [1.54, 1.807) is 0 Å². The normalized spacial score (nSPS) is 14.2. The molecule has 8 aromatic carbocycles.